The van der Waals surface area contributed by atoms with Gasteiger partial charge in [-0.25, -0.2) is 4.79 Å². The molecule has 1 N–H and O–H groups in total. The summed E-state index contributed by atoms with van der Waals surface area (Å²) >= 11 is 0. The first-order chi connectivity index (χ1) is 10.9. The van der Waals surface area contributed by atoms with E-state index in [4.69, 9.17) is 5.11 Å². The molecule has 0 fully saturated rings. The van der Waals surface area contributed by atoms with E-state index in [2.05, 4.69) is 0 Å². The maximum absolute atomic E-state index is 12.8. The molecular weight excluding hydrogens is 305 g/mol. The van der Waals surface area contributed by atoms with Crippen molar-refractivity contribution in [3.63, 3.8) is 0 Å². The summed E-state index contributed by atoms with van der Waals surface area (Å²) in [5, 5.41) is 10.7. The second kappa shape index (κ2) is 5.72. The van der Waals surface area contributed by atoms with Crippen molar-refractivity contribution < 1.29 is 23.1 Å². The third-order valence-corrected chi connectivity index (χ3v) is 4.35. The van der Waals surface area contributed by atoms with Gasteiger partial charge >= 0.3 is 12.1 Å². The number of carboxylic acid groups (broad SMARTS) is 1. The molecule has 3 rings (SSSR count). The van der Waals surface area contributed by atoms with E-state index in [1.54, 1.807) is 24.3 Å². The highest BCUT2D eigenvalue weighted by Crippen LogP contribution is 2.40. The van der Waals surface area contributed by atoms with Gasteiger partial charge in [0.25, 0.3) is 0 Å². The molecule has 0 aromatic heterocycles. The van der Waals surface area contributed by atoms with Crippen molar-refractivity contribution in [3.05, 3.63) is 53.6 Å². The maximum atomic E-state index is 12.8. The molecule has 0 radical (unpaired) electrons. The van der Waals surface area contributed by atoms with Gasteiger partial charge in [-0.3, -0.25) is 0 Å². The molecule has 1 atom stereocenters. The van der Waals surface area contributed by atoms with Crippen molar-refractivity contribution in [3.8, 4) is 0 Å². The van der Waals surface area contributed by atoms with Gasteiger partial charge in [0, 0.05) is 0 Å². The van der Waals surface area contributed by atoms with Gasteiger partial charge in [0.05, 0.1) is 11.5 Å². The topological polar surface area (TPSA) is 37.3 Å². The Morgan fingerprint density at radius 1 is 1.17 bits per heavy atom. The zero-order valence-electron chi connectivity index (χ0n) is 12.2. The van der Waals surface area contributed by atoms with Crippen LogP contribution in [0.25, 0.3) is 16.3 Å². The summed E-state index contributed by atoms with van der Waals surface area (Å²) in [6, 6.07) is 10.3. The Labute approximate surface area is 131 Å². The fourth-order valence-corrected chi connectivity index (χ4v) is 3.07. The average Bonchev–Trinajstić information content (AvgIpc) is 2.53. The number of hydrogen-bond acceptors (Lipinski definition) is 1. The van der Waals surface area contributed by atoms with Crippen molar-refractivity contribution in [1.82, 2.24) is 0 Å². The van der Waals surface area contributed by atoms with E-state index in [9.17, 15) is 18.0 Å². The number of carboxylic acids is 1. The van der Waals surface area contributed by atoms with E-state index in [0.29, 0.717) is 6.42 Å². The van der Waals surface area contributed by atoms with Crippen molar-refractivity contribution >= 4 is 22.3 Å². The molecule has 2 nitrogen and oxygen atoms in total. The van der Waals surface area contributed by atoms with Crippen molar-refractivity contribution in [2.75, 3.05) is 0 Å². The Morgan fingerprint density at radius 3 is 2.57 bits per heavy atom. The van der Waals surface area contributed by atoms with Gasteiger partial charge in [-0.15, -0.1) is 0 Å². The molecule has 5 heteroatoms. The highest BCUT2D eigenvalue weighted by atomic mass is 19.4. The molecular formula is C18H15F3O2. The Balaban J connectivity index is 1.98. The SMILES string of the molecule is O=C(O)c1ccc2c(C3=CCC(C(F)(F)F)CC3)cccc2c1. The minimum absolute atomic E-state index is 0.00241. The Hall–Kier alpha value is -2.30. The summed E-state index contributed by atoms with van der Waals surface area (Å²) in [5.41, 5.74) is 1.99. The average molecular weight is 320 g/mol. The summed E-state index contributed by atoms with van der Waals surface area (Å²) < 4.78 is 38.3. The summed E-state index contributed by atoms with van der Waals surface area (Å²) in [6.07, 6.45) is -2.00. The Bertz CT molecular complexity index is 790. The van der Waals surface area contributed by atoms with Crippen LogP contribution in [0.1, 0.15) is 35.2 Å². The van der Waals surface area contributed by atoms with Crippen LogP contribution in [0.2, 0.25) is 0 Å². The predicted molar refractivity (Wildman–Crippen MR) is 82.3 cm³/mol. The fourth-order valence-electron chi connectivity index (χ4n) is 3.07. The molecule has 2 aromatic rings. The number of allylic oxidation sites excluding steroid dienone is 2. The number of aromatic carboxylic acids is 1. The number of carbonyl (C=O) groups is 1. The van der Waals surface area contributed by atoms with Crippen LogP contribution in [0, 0.1) is 5.92 Å². The minimum atomic E-state index is -4.14. The number of fused-ring (bicyclic) bond motifs is 1. The number of hydrogen-bond donors (Lipinski definition) is 1. The van der Waals surface area contributed by atoms with Gasteiger partial charge in [0.15, 0.2) is 0 Å². The number of alkyl halides is 3. The number of rotatable bonds is 2. The lowest BCUT2D eigenvalue weighted by molar-refractivity contribution is -0.175. The van der Waals surface area contributed by atoms with Crippen LogP contribution in [0.5, 0.6) is 0 Å². The second-order valence-corrected chi connectivity index (χ2v) is 5.79. The predicted octanol–water partition coefficient (Wildman–Crippen LogP) is 5.28. The lowest BCUT2D eigenvalue weighted by Gasteiger charge is -2.24. The van der Waals surface area contributed by atoms with Crippen molar-refractivity contribution in [1.29, 1.82) is 0 Å². The molecule has 0 aliphatic heterocycles. The third-order valence-electron chi connectivity index (χ3n) is 4.35. The first kappa shape index (κ1) is 15.6. The van der Waals surface area contributed by atoms with Crippen molar-refractivity contribution in [2.45, 2.75) is 25.4 Å². The van der Waals surface area contributed by atoms with E-state index >= 15 is 0 Å². The summed E-state index contributed by atoms with van der Waals surface area (Å²) in [7, 11) is 0. The Kier molecular flexibility index (Phi) is 3.88. The smallest absolute Gasteiger partial charge is 0.392 e. The molecule has 1 aliphatic carbocycles. The van der Waals surface area contributed by atoms with E-state index < -0.39 is 18.1 Å². The molecule has 2 aromatic carbocycles. The van der Waals surface area contributed by atoms with Gasteiger partial charge < -0.3 is 5.11 Å². The second-order valence-electron chi connectivity index (χ2n) is 5.79. The summed E-state index contributed by atoms with van der Waals surface area (Å²) in [4.78, 5) is 11.0. The van der Waals surface area contributed by atoms with Gasteiger partial charge in [-0.05, 0) is 53.3 Å². The molecule has 0 amide bonds. The van der Waals surface area contributed by atoms with Gasteiger partial charge in [0.2, 0.25) is 0 Å². The molecule has 0 bridgehead atoms. The molecule has 0 spiro atoms. The van der Waals surface area contributed by atoms with Gasteiger partial charge in [-0.2, -0.15) is 13.2 Å². The quantitative estimate of drug-likeness (QED) is 0.817. The van der Waals surface area contributed by atoms with E-state index in [1.165, 1.54) is 6.07 Å². The summed E-state index contributed by atoms with van der Waals surface area (Å²) in [5.74, 6) is -2.26. The maximum Gasteiger partial charge on any atom is 0.392 e. The van der Waals surface area contributed by atoms with E-state index in [-0.39, 0.29) is 18.4 Å². The van der Waals surface area contributed by atoms with Gasteiger partial charge in [-0.1, -0.05) is 30.3 Å². The molecule has 0 saturated carbocycles. The zero-order chi connectivity index (χ0) is 16.6. The van der Waals surface area contributed by atoms with Crippen LogP contribution in [0.3, 0.4) is 0 Å². The Morgan fingerprint density at radius 2 is 1.96 bits per heavy atom. The molecule has 120 valence electrons. The first-order valence-corrected chi connectivity index (χ1v) is 7.38. The molecule has 1 unspecified atom stereocenters. The minimum Gasteiger partial charge on any atom is -0.478 e. The van der Waals surface area contributed by atoms with Gasteiger partial charge in [0.1, 0.15) is 0 Å². The zero-order valence-corrected chi connectivity index (χ0v) is 12.2. The third kappa shape index (κ3) is 3.09. The first-order valence-electron chi connectivity index (χ1n) is 7.38. The standard InChI is InChI=1S/C18H15F3O2/c19-18(20,21)14-7-4-11(5-8-14)15-3-1-2-12-10-13(17(22)23)6-9-16(12)15/h1-4,6,9-10,14H,5,7-8H2,(H,22,23). The summed E-state index contributed by atoms with van der Waals surface area (Å²) in [6.45, 7) is 0. The van der Waals surface area contributed by atoms with Crippen LogP contribution in [-0.4, -0.2) is 17.3 Å². The highest BCUT2D eigenvalue weighted by Gasteiger charge is 2.39. The largest absolute Gasteiger partial charge is 0.478 e. The van der Waals surface area contributed by atoms with Crippen LogP contribution in [-0.2, 0) is 0 Å². The van der Waals surface area contributed by atoms with Crippen LogP contribution < -0.4 is 0 Å². The monoisotopic (exact) mass is 320 g/mol. The van der Waals surface area contributed by atoms with Crippen molar-refractivity contribution in [2.24, 2.45) is 5.92 Å². The fraction of sp³-hybridized carbons (Fsp3) is 0.278. The number of halogens is 3. The molecule has 23 heavy (non-hydrogen) atoms. The van der Waals surface area contributed by atoms with E-state index in [0.717, 1.165) is 21.9 Å². The molecule has 1 aliphatic rings. The van der Waals surface area contributed by atoms with Crippen LogP contribution in [0.4, 0.5) is 13.2 Å². The van der Waals surface area contributed by atoms with E-state index in [1.807, 2.05) is 12.1 Å². The van der Waals surface area contributed by atoms with Crippen LogP contribution in [0.15, 0.2) is 42.5 Å². The number of benzene rings is 2. The molecule has 0 heterocycles. The lowest BCUT2D eigenvalue weighted by Crippen LogP contribution is -2.24. The van der Waals surface area contributed by atoms with Crippen LogP contribution >= 0.6 is 0 Å². The highest BCUT2D eigenvalue weighted by molar-refractivity contribution is 5.99. The lowest BCUT2D eigenvalue weighted by atomic mass is 9.84. The normalized spacial score (nSPS) is 18.7. The molecule has 0 saturated heterocycles.